The van der Waals surface area contributed by atoms with Crippen molar-refractivity contribution in [2.75, 3.05) is 13.7 Å². The predicted octanol–water partition coefficient (Wildman–Crippen LogP) is 1.53. The quantitative estimate of drug-likeness (QED) is 0.825. The highest BCUT2D eigenvalue weighted by molar-refractivity contribution is 7.89. The molecule has 2 rings (SSSR count). The van der Waals surface area contributed by atoms with Crippen LogP contribution in [0.15, 0.2) is 17.0 Å². The molecule has 0 heterocycles. The number of benzene rings is 1. The number of sulfonamides is 1. The number of ether oxygens (including phenoxy) is 1. The molecular weight excluding hydrogens is 316 g/mol. The number of methoxy groups -OCH3 is 1. The first-order valence-electron chi connectivity index (χ1n) is 6.51. The molecule has 0 atom stereocenters. The van der Waals surface area contributed by atoms with Crippen LogP contribution < -0.4 is 15.2 Å². The molecule has 8 heteroatoms. The highest BCUT2D eigenvalue weighted by atomic mass is 35.5. The molecule has 1 aromatic rings. The van der Waals surface area contributed by atoms with Crippen LogP contribution >= 0.6 is 11.6 Å². The van der Waals surface area contributed by atoms with Gasteiger partial charge in [-0.1, -0.05) is 24.4 Å². The number of hydrogen-bond acceptors (Lipinski definition) is 4. The smallest absolute Gasteiger partial charge is 0.255 e. The second-order valence-corrected chi connectivity index (χ2v) is 6.98. The van der Waals surface area contributed by atoms with Crippen molar-refractivity contribution < 1.29 is 17.9 Å². The Hall–Kier alpha value is -1.31. The number of rotatable bonds is 6. The lowest BCUT2D eigenvalue weighted by Gasteiger charge is -2.13. The topological polar surface area (TPSA) is 98.5 Å². The van der Waals surface area contributed by atoms with Gasteiger partial charge < -0.3 is 10.1 Å². The Morgan fingerprint density at radius 1 is 1.48 bits per heavy atom. The van der Waals surface area contributed by atoms with Gasteiger partial charge in [-0.25, -0.2) is 13.6 Å². The molecule has 3 N–H and O–H groups in total. The van der Waals surface area contributed by atoms with E-state index in [1.54, 1.807) is 0 Å². The summed E-state index contributed by atoms with van der Waals surface area (Å²) in [6.45, 7) is 0.532. The molecule has 1 aliphatic carbocycles. The van der Waals surface area contributed by atoms with E-state index in [-0.39, 0.29) is 21.2 Å². The second kappa shape index (κ2) is 6.21. The van der Waals surface area contributed by atoms with Crippen LogP contribution in [-0.4, -0.2) is 28.0 Å². The molecule has 6 nitrogen and oxygen atoms in total. The standard InChI is InChI=1S/C13H17ClN2O4S/c1-20-12-10(13(17)16-5-4-8-2-3-8)6-9(14)7-11(12)21(15,18)19/h6-8H,2-5H2,1H3,(H,16,17)(H2,15,18,19). The summed E-state index contributed by atoms with van der Waals surface area (Å²) in [5, 5.41) is 7.96. The number of carbonyl (C=O) groups excluding carboxylic acids is 1. The van der Waals surface area contributed by atoms with Gasteiger partial charge in [0.25, 0.3) is 5.91 Å². The molecule has 0 radical (unpaired) electrons. The van der Waals surface area contributed by atoms with E-state index in [0.29, 0.717) is 12.5 Å². The fourth-order valence-corrected chi connectivity index (χ4v) is 3.08. The van der Waals surface area contributed by atoms with Crippen molar-refractivity contribution in [2.45, 2.75) is 24.2 Å². The van der Waals surface area contributed by atoms with Crippen LogP contribution in [0.25, 0.3) is 0 Å². The molecular formula is C13H17ClN2O4S. The Labute approximate surface area is 128 Å². The molecule has 0 aromatic heterocycles. The molecule has 1 amide bonds. The Morgan fingerprint density at radius 3 is 2.67 bits per heavy atom. The van der Waals surface area contributed by atoms with Crippen molar-refractivity contribution in [2.24, 2.45) is 11.1 Å². The number of carbonyl (C=O) groups is 1. The van der Waals surface area contributed by atoms with Crippen LogP contribution in [0.5, 0.6) is 5.75 Å². The summed E-state index contributed by atoms with van der Waals surface area (Å²) in [5.41, 5.74) is 0.0600. The maximum Gasteiger partial charge on any atom is 0.255 e. The highest BCUT2D eigenvalue weighted by Gasteiger charge is 2.24. The zero-order chi connectivity index (χ0) is 15.6. The molecule has 21 heavy (non-hydrogen) atoms. The zero-order valence-electron chi connectivity index (χ0n) is 11.6. The Morgan fingerprint density at radius 2 is 2.14 bits per heavy atom. The van der Waals surface area contributed by atoms with Crippen molar-refractivity contribution in [3.63, 3.8) is 0 Å². The van der Waals surface area contributed by atoms with Crippen LogP contribution in [-0.2, 0) is 10.0 Å². The monoisotopic (exact) mass is 332 g/mol. The molecule has 1 aliphatic rings. The van der Waals surface area contributed by atoms with Crippen LogP contribution in [0.1, 0.15) is 29.6 Å². The van der Waals surface area contributed by atoms with Crippen molar-refractivity contribution in [3.8, 4) is 5.75 Å². The van der Waals surface area contributed by atoms with Crippen LogP contribution in [0.4, 0.5) is 0 Å². The summed E-state index contributed by atoms with van der Waals surface area (Å²) >= 11 is 5.87. The molecule has 0 unspecified atom stereocenters. The minimum absolute atomic E-state index is 0.0600. The van der Waals surface area contributed by atoms with Crippen molar-refractivity contribution >= 4 is 27.5 Å². The van der Waals surface area contributed by atoms with E-state index in [1.165, 1.54) is 26.0 Å². The van der Waals surface area contributed by atoms with Gasteiger partial charge in [0.05, 0.1) is 12.7 Å². The SMILES string of the molecule is COc1c(C(=O)NCCC2CC2)cc(Cl)cc1S(N)(=O)=O. The third kappa shape index (κ3) is 4.09. The van der Waals surface area contributed by atoms with E-state index >= 15 is 0 Å². The fraction of sp³-hybridized carbons (Fsp3) is 0.462. The van der Waals surface area contributed by atoms with E-state index in [1.807, 2.05) is 0 Å². The number of nitrogens with one attached hydrogen (secondary N) is 1. The Bertz CT molecular complexity index is 656. The third-order valence-corrected chi connectivity index (χ3v) is 4.44. The van der Waals surface area contributed by atoms with Crippen molar-refractivity contribution in [3.05, 3.63) is 22.7 Å². The first kappa shape index (κ1) is 16.1. The lowest BCUT2D eigenvalue weighted by Crippen LogP contribution is -2.26. The lowest BCUT2D eigenvalue weighted by atomic mass is 10.1. The summed E-state index contributed by atoms with van der Waals surface area (Å²) in [5.74, 6) is 0.164. The van der Waals surface area contributed by atoms with E-state index in [4.69, 9.17) is 21.5 Å². The molecule has 0 aliphatic heterocycles. The number of nitrogens with two attached hydrogens (primary N) is 1. The normalized spacial score (nSPS) is 14.8. The Balaban J connectivity index is 2.28. The van der Waals surface area contributed by atoms with Gasteiger partial charge >= 0.3 is 0 Å². The summed E-state index contributed by atoms with van der Waals surface area (Å²) in [6, 6.07) is 2.53. The van der Waals surface area contributed by atoms with Crippen LogP contribution in [0.2, 0.25) is 5.02 Å². The summed E-state index contributed by atoms with van der Waals surface area (Å²) < 4.78 is 28.2. The van der Waals surface area contributed by atoms with Gasteiger partial charge in [0.15, 0.2) is 5.75 Å². The molecule has 0 bridgehead atoms. The Kier molecular flexibility index (Phi) is 4.75. The maximum atomic E-state index is 12.2. The van der Waals surface area contributed by atoms with E-state index in [2.05, 4.69) is 5.32 Å². The molecule has 0 spiro atoms. The second-order valence-electron chi connectivity index (χ2n) is 5.02. The molecule has 1 aromatic carbocycles. The lowest BCUT2D eigenvalue weighted by molar-refractivity contribution is 0.0949. The van der Waals surface area contributed by atoms with Gasteiger partial charge in [-0.3, -0.25) is 4.79 Å². The van der Waals surface area contributed by atoms with Crippen LogP contribution in [0, 0.1) is 5.92 Å². The molecule has 116 valence electrons. The number of primary sulfonamides is 1. The summed E-state index contributed by atoms with van der Waals surface area (Å²) in [4.78, 5) is 11.9. The van der Waals surface area contributed by atoms with E-state index in [9.17, 15) is 13.2 Å². The number of amides is 1. The first-order chi connectivity index (χ1) is 9.82. The van der Waals surface area contributed by atoms with E-state index < -0.39 is 15.9 Å². The van der Waals surface area contributed by atoms with Gasteiger partial charge in [-0.15, -0.1) is 0 Å². The minimum atomic E-state index is -4.04. The van der Waals surface area contributed by atoms with Crippen LogP contribution in [0.3, 0.4) is 0 Å². The predicted molar refractivity (Wildman–Crippen MR) is 79.1 cm³/mol. The summed E-state index contributed by atoms with van der Waals surface area (Å²) in [7, 11) is -2.76. The van der Waals surface area contributed by atoms with Gasteiger partial charge in [0.1, 0.15) is 4.90 Å². The fourth-order valence-electron chi connectivity index (χ4n) is 2.05. The highest BCUT2D eigenvalue weighted by Crippen LogP contribution is 2.32. The largest absolute Gasteiger partial charge is 0.494 e. The molecule has 1 fully saturated rings. The van der Waals surface area contributed by atoms with Gasteiger partial charge in [0.2, 0.25) is 10.0 Å². The van der Waals surface area contributed by atoms with Crippen molar-refractivity contribution in [1.29, 1.82) is 0 Å². The van der Waals surface area contributed by atoms with Gasteiger partial charge in [-0.2, -0.15) is 0 Å². The van der Waals surface area contributed by atoms with Gasteiger partial charge in [-0.05, 0) is 24.5 Å². The average Bonchev–Trinajstić information content (AvgIpc) is 3.20. The van der Waals surface area contributed by atoms with Gasteiger partial charge in [0, 0.05) is 11.6 Å². The number of hydrogen-bond donors (Lipinski definition) is 2. The zero-order valence-corrected chi connectivity index (χ0v) is 13.1. The van der Waals surface area contributed by atoms with Crippen molar-refractivity contribution in [1.82, 2.24) is 5.32 Å². The third-order valence-electron chi connectivity index (χ3n) is 3.31. The average molecular weight is 333 g/mol. The molecule has 1 saturated carbocycles. The number of halogens is 1. The summed E-state index contributed by atoms with van der Waals surface area (Å²) in [6.07, 6.45) is 3.31. The minimum Gasteiger partial charge on any atom is -0.494 e. The van der Waals surface area contributed by atoms with E-state index in [0.717, 1.165) is 12.5 Å². The first-order valence-corrected chi connectivity index (χ1v) is 8.44. The molecule has 0 saturated heterocycles. The maximum absolute atomic E-state index is 12.2.